The van der Waals surface area contributed by atoms with Gasteiger partial charge in [0.1, 0.15) is 10.8 Å². The Hall–Kier alpha value is -2.96. The van der Waals surface area contributed by atoms with Gasteiger partial charge in [0.2, 0.25) is 5.91 Å². The average Bonchev–Trinajstić information content (AvgIpc) is 3.49. The summed E-state index contributed by atoms with van der Waals surface area (Å²) in [7, 11) is 0. The van der Waals surface area contributed by atoms with Gasteiger partial charge in [-0.1, -0.05) is 0 Å². The van der Waals surface area contributed by atoms with Gasteiger partial charge < -0.3 is 4.90 Å². The van der Waals surface area contributed by atoms with E-state index in [2.05, 4.69) is 5.10 Å². The van der Waals surface area contributed by atoms with E-state index in [4.69, 9.17) is 4.98 Å². The number of likely N-dealkylation sites (tertiary alicyclic amines) is 1. The third-order valence-electron chi connectivity index (χ3n) is 6.71. The van der Waals surface area contributed by atoms with Crippen LogP contribution in [0.2, 0.25) is 0 Å². The Morgan fingerprint density at radius 2 is 1.62 bits per heavy atom. The van der Waals surface area contributed by atoms with Crippen molar-refractivity contribution in [1.82, 2.24) is 19.7 Å². The van der Waals surface area contributed by atoms with Crippen LogP contribution in [0.1, 0.15) is 51.6 Å². The van der Waals surface area contributed by atoms with Crippen molar-refractivity contribution >= 4 is 17.2 Å². The third-order valence-corrected chi connectivity index (χ3v) is 7.60. The standard InChI is InChI=1S/C26H27F7N4OS/c1-24(2,3)37-22(16-4-6-17(27)7-5-16)18(13-34-37)23-35-19(14-39-23)15-8-10-36(11-9-15)21(38)12-20(25(28,29)30)26(31,32)33/h4-7,13-15,20H,8-12H2,1-3H3. The fraction of sp³-hybridized carbons (Fsp3) is 0.500. The Labute approximate surface area is 224 Å². The normalized spacial score (nSPS) is 15.8. The first-order valence-electron chi connectivity index (χ1n) is 12.3. The molecule has 0 radical (unpaired) electrons. The number of hydrogen-bond donors (Lipinski definition) is 0. The maximum atomic E-state index is 13.6. The lowest BCUT2D eigenvalue weighted by Gasteiger charge is -2.33. The molecular formula is C26H27F7N4OS. The molecule has 4 rings (SSSR count). The first-order chi connectivity index (χ1) is 18.1. The molecule has 1 aromatic carbocycles. The first-order valence-corrected chi connectivity index (χ1v) is 13.1. The predicted octanol–water partition coefficient (Wildman–Crippen LogP) is 7.40. The van der Waals surface area contributed by atoms with Crippen LogP contribution in [-0.2, 0) is 10.3 Å². The van der Waals surface area contributed by atoms with E-state index < -0.39 is 30.6 Å². The van der Waals surface area contributed by atoms with Gasteiger partial charge in [-0.3, -0.25) is 9.48 Å². The molecule has 0 bridgehead atoms. The molecule has 3 aromatic rings. The zero-order valence-electron chi connectivity index (χ0n) is 21.4. The maximum absolute atomic E-state index is 13.6. The largest absolute Gasteiger partial charge is 0.400 e. The number of benzene rings is 1. The Balaban J connectivity index is 1.50. The molecule has 1 amide bonds. The summed E-state index contributed by atoms with van der Waals surface area (Å²) in [5.74, 6) is -5.31. The van der Waals surface area contributed by atoms with Crippen molar-refractivity contribution in [2.24, 2.45) is 5.92 Å². The Bertz CT molecular complexity index is 1280. The number of rotatable bonds is 5. The van der Waals surface area contributed by atoms with Gasteiger partial charge >= 0.3 is 12.4 Å². The predicted molar refractivity (Wildman–Crippen MR) is 132 cm³/mol. The summed E-state index contributed by atoms with van der Waals surface area (Å²) in [6.07, 6.45) is -10.3. The smallest absolute Gasteiger partial charge is 0.343 e. The van der Waals surface area contributed by atoms with Crippen LogP contribution >= 0.6 is 11.3 Å². The van der Waals surface area contributed by atoms with Gasteiger partial charge in [-0.2, -0.15) is 31.4 Å². The van der Waals surface area contributed by atoms with E-state index in [-0.39, 0.29) is 30.4 Å². The van der Waals surface area contributed by atoms with Gasteiger partial charge in [0.05, 0.1) is 28.7 Å². The zero-order chi connectivity index (χ0) is 28.8. The van der Waals surface area contributed by atoms with Gasteiger partial charge in [0, 0.05) is 36.4 Å². The Kier molecular flexibility index (Phi) is 7.85. The highest BCUT2D eigenvalue weighted by atomic mass is 32.1. The molecule has 0 saturated carbocycles. The van der Waals surface area contributed by atoms with Gasteiger partial charge in [-0.25, -0.2) is 9.37 Å². The summed E-state index contributed by atoms with van der Waals surface area (Å²) in [5.41, 5.74) is 2.65. The molecule has 1 aliphatic heterocycles. The van der Waals surface area contributed by atoms with Crippen LogP contribution in [0.25, 0.3) is 21.8 Å². The van der Waals surface area contributed by atoms with E-state index in [1.54, 1.807) is 18.3 Å². The van der Waals surface area contributed by atoms with Crippen LogP contribution in [-0.4, -0.2) is 51.0 Å². The number of alkyl halides is 6. The zero-order valence-corrected chi connectivity index (χ0v) is 22.2. The van der Waals surface area contributed by atoms with Crippen LogP contribution in [0.15, 0.2) is 35.8 Å². The third kappa shape index (κ3) is 6.44. The van der Waals surface area contributed by atoms with Gasteiger partial charge in [0.15, 0.2) is 5.92 Å². The number of amides is 1. The molecule has 39 heavy (non-hydrogen) atoms. The molecular weight excluding hydrogens is 549 g/mol. The van der Waals surface area contributed by atoms with Gasteiger partial charge in [-0.15, -0.1) is 11.3 Å². The highest BCUT2D eigenvalue weighted by Crippen LogP contribution is 2.42. The van der Waals surface area contributed by atoms with Crippen molar-refractivity contribution in [3.63, 3.8) is 0 Å². The molecule has 212 valence electrons. The molecule has 1 aliphatic rings. The molecule has 0 N–H and O–H groups in total. The average molecular weight is 577 g/mol. The lowest BCUT2D eigenvalue weighted by atomic mass is 9.93. The minimum atomic E-state index is -5.54. The molecule has 2 aromatic heterocycles. The maximum Gasteiger partial charge on any atom is 0.400 e. The summed E-state index contributed by atoms with van der Waals surface area (Å²) in [5, 5.41) is 7.10. The number of thiazole rings is 1. The Morgan fingerprint density at radius 1 is 1.03 bits per heavy atom. The van der Waals surface area contributed by atoms with E-state index in [9.17, 15) is 35.5 Å². The van der Waals surface area contributed by atoms with Crippen molar-refractivity contribution in [3.8, 4) is 21.8 Å². The highest BCUT2D eigenvalue weighted by Gasteiger charge is 2.57. The second kappa shape index (κ2) is 10.5. The fourth-order valence-electron chi connectivity index (χ4n) is 4.64. The molecule has 1 saturated heterocycles. The quantitative estimate of drug-likeness (QED) is 0.298. The van der Waals surface area contributed by atoms with E-state index in [1.165, 1.54) is 23.5 Å². The Morgan fingerprint density at radius 3 is 2.15 bits per heavy atom. The number of aromatic nitrogens is 3. The monoisotopic (exact) mass is 576 g/mol. The van der Waals surface area contributed by atoms with E-state index in [1.807, 2.05) is 30.8 Å². The number of hydrogen-bond acceptors (Lipinski definition) is 4. The van der Waals surface area contributed by atoms with E-state index in [0.717, 1.165) is 27.4 Å². The molecule has 0 spiro atoms. The van der Waals surface area contributed by atoms with E-state index >= 15 is 0 Å². The van der Waals surface area contributed by atoms with Crippen molar-refractivity contribution in [3.05, 3.63) is 47.4 Å². The first kappa shape index (κ1) is 29.0. The topological polar surface area (TPSA) is 51.0 Å². The number of carbonyl (C=O) groups excluding carboxylic acids is 1. The van der Waals surface area contributed by atoms with Crippen molar-refractivity contribution in [2.75, 3.05) is 13.1 Å². The SMILES string of the molecule is CC(C)(C)n1ncc(-c2nc(C3CCN(C(=O)CC(C(F)(F)F)C(F)(F)F)CC3)cs2)c1-c1ccc(F)cc1. The second-order valence-electron chi connectivity index (χ2n) is 10.6. The second-order valence-corrected chi connectivity index (χ2v) is 11.4. The minimum absolute atomic E-state index is 0.0432. The van der Waals surface area contributed by atoms with Gasteiger partial charge in [0.25, 0.3) is 0 Å². The summed E-state index contributed by atoms with van der Waals surface area (Å²) in [4.78, 5) is 18.1. The van der Waals surface area contributed by atoms with Crippen molar-refractivity contribution < 1.29 is 35.5 Å². The van der Waals surface area contributed by atoms with Crippen LogP contribution in [0.3, 0.4) is 0 Å². The lowest BCUT2D eigenvalue weighted by molar-refractivity contribution is -0.284. The summed E-state index contributed by atoms with van der Waals surface area (Å²) >= 11 is 1.38. The molecule has 0 aliphatic carbocycles. The highest BCUT2D eigenvalue weighted by molar-refractivity contribution is 7.13. The van der Waals surface area contributed by atoms with Crippen LogP contribution in [0.4, 0.5) is 30.7 Å². The van der Waals surface area contributed by atoms with E-state index in [0.29, 0.717) is 17.8 Å². The van der Waals surface area contributed by atoms with Crippen LogP contribution < -0.4 is 0 Å². The molecule has 3 heterocycles. The fourth-order valence-corrected chi connectivity index (χ4v) is 5.55. The van der Waals surface area contributed by atoms with Crippen molar-refractivity contribution in [2.45, 2.75) is 63.8 Å². The number of carbonyl (C=O) groups is 1. The van der Waals surface area contributed by atoms with Gasteiger partial charge in [-0.05, 0) is 57.9 Å². The number of piperidine rings is 1. The van der Waals surface area contributed by atoms with Crippen LogP contribution in [0, 0.1) is 11.7 Å². The minimum Gasteiger partial charge on any atom is -0.343 e. The molecule has 0 unspecified atom stereocenters. The molecule has 1 fully saturated rings. The molecule has 13 heteroatoms. The summed E-state index contributed by atoms with van der Waals surface area (Å²) in [6.45, 7) is 6.06. The van der Waals surface area contributed by atoms with Crippen molar-refractivity contribution in [1.29, 1.82) is 0 Å². The lowest BCUT2D eigenvalue weighted by Crippen LogP contribution is -2.44. The molecule has 0 atom stereocenters. The summed E-state index contributed by atoms with van der Waals surface area (Å²) < 4.78 is 92.6. The number of halogens is 7. The van der Waals surface area contributed by atoms with Crippen LogP contribution in [0.5, 0.6) is 0 Å². The molecule has 5 nitrogen and oxygen atoms in total. The summed E-state index contributed by atoms with van der Waals surface area (Å²) in [6, 6.07) is 6.07. The number of nitrogens with zero attached hydrogens (tertiary/aromatic N) is 4.